The van der Waals surface area contributed by atoms with Gasteiger partial charge in [0.2, 0.25) is 5.91 Å². The van der Waals surface area contributed by atoms with Crippen LogP contribution in [0.15, 0.2) is 54.6 Å². The van der Waals surface area contributed by atoms with Crippen LogP contribution in [0.25, 0.3) is 16.2 Å². The predicted octanol–water partition coefficient (Wildman–Crippen LogP) is 4.10. The fourth-order valence-corrected chi connectivity index (χ4v) is 4.40. The number of carbonyl (C=O) groups is 3. The fourth-order valence-electron chi connectivity index (χ4n) is 3.00. The number of hydrogen-bond acceptors (Lipinski definition) is 5. The SMILES string of the molecule is O=C1CN(C(=O)COC(=O)/C=C/c2sc3ccccc3c2Cl)c2ccccc2N1. The normalized spacial score (nSPS) is 13.4. The molecule has 0 atom stereocenters. The average Bonchev–Trinajstić information content (AvgIpc) is 3.05. The van der Waals surface area contributed by atoms with Crippen LogP contribution in [-0.4, -0.2) is 30.9 Å². The molecular formula is C21H15ClN2O4S. The lowest BCUT2D eigenvalue weighted by atomic mass is 10.2. The summed E-state index contributed by atoms with van der Waals surface area (Å²) in [5, 5.41) is 4.19. The van der Waals surface area contributed by atoms with Crippen molar-refractivity contribution >= 4 is 68.3 Å². The lowest BCUT2D eigenvalue weighted by Gasteiger charge is -2.28. The fraction of sp³-hybridized carbons (Fsp3) is 0.0952. The van der Waals surface area contributed by atoms with Crippen LogP contribution in [-0.2, 0) is 19.1 Å². The van der Waals surface area contributed by atoms with Gasteiger partial charge in [0.1, 0.15) is 6.54 Å². The van der Waals surface area contributed by atoms with Crippen LogP contribution in [0, 0.1) is 0 Å². The summed E-state index contributed by atoms with van der Waals surface area (Å²) in [5.41, 5.74) is 1.11. The average molecular weight is 427 g/mol. The smallest absolute Gasteiger partial charge is 0.331 e. The van der Waals surface area contributed by atoms with Crippen molar-refractivity contribution in [2.24, 2.45) is 0 Å². The standard InChI is InChI=1S/C21H15ClN2O4S/c22-21-13-5-1-4-8-16(13)29-17(21)9-10-20(27)28-12-19(26)24-11-18(25)23-14-6-2-3-7-15(14)24/h1-10H,11-12H2,(H,23,25)/b10-9+. The van der Waals surface area contributed by atoms with Crippen LogP contribution in [0.3, 0.4) is 0 Å². The summed E-state index contributed by atoms with van der Waals surface area (Å²) in [7, 11) is 0. The number of esters is 1. The van der Waals surface area contributed by atoms with E-state index in [4.69, 9.17) is 16.3 Å². The Morgan fingerprint density at radius 2 is 1.93 bits per heavy atom. The van der Waals surface area contributed by atoms with Crippen molar-refractivity contribution in [3.05, 3.63) is 64.5 Å². The van der Waals surface area contributed by atoms with Gasteiger partial charge in [-0.1, -0.05) is 41.9 Å². The van der Waals surface area contributed by atoms with Gasteiger partial charge in [-0.3, -0.25) is 14.5 Å². The molecule has 0 aliphatic carbocycles. The van der Waals surface area contributed by atoms with Gasteiger partial charge in [-0.05, 0) is 24.3 Å². The van der Waals surface area contributed by atoms with Crippen LogP contribution >= 0.6 is 22.9 Å². The van der Waals surface area contributed by atoms with Gasteiger partial charge in [-0.15, -0.1) is 11.3 Å². The van der Waals surface area contributed by atoms with Crippen molar-refractivity contribution < 1.29 is 19.1 Å². The summed E-state index contributed by atoms with van der Waals surface area (Å²) in [6.07, 6.45) is 2.81. The molecule has 2 aromatic carbocycles. The Bertz CT molecular complexity index is 1150. The maximum atomic E-state index is 12.5. The number of anilines is 2. The lowest BCUT2D eigenvalue weighted by molar-refractivity contribution is -0.143. The molecule has 1 aliphatic rings. The minimum atomic E-state index is -0.665. The van der Waals surface area contributed by atoms with Crippen molar-refractivity contribution in [3.8, 4) is 0 Å². The first-order valence-corrected chi connectivity index (χ1v) is 9.93. The number of ether oxygens (including phenoxy) is 1. The quantitative estimate of drug-likeness (QED) is 0.503. The monoisotopic (exact) mass is 426 g/mol. The summed E-state index contributed by atoms with van der Waals surface area (Å²) in [4.78, 5) is 38.4. The highest BCUT2D eigenvalue weighted by Gasteiger charge is 2.27. The second kappa shape index (κ2) is 8.06. The molecule has 4 rings (SSSR count). The van der Waals surface area contributed by atoms with E-state index < -0.39 is 18.5 Å². The highest BCUT2D eigenvalue weighted by atomic mass is 35.5. The summed E-state index contributed by atoms with van der Waals surface area (Å²) in [5.74, 6) is -1.45. The Balaban J connectivity index is 1.41. The van der Waals surface area contributed by atoms with Gasteiger partial charge in [0.15, 0.2) is 6.61 Å². The van der Waals surface area contributed by atoms with Gasteiger partial charge < -0.3 is 10.1 Å². The summed E-state index contributed by atoms with van der Waals surface area (Å²) >= 11 is 7.80. The molecule has 0 unspecified atom stereocenters. The van der Waals surface area contributed by atoms with Gasteiger partial charge >= 0.3 is 5.97 Å². The number of hydrogen-bond donors (Lipinski definition) is 1. The Labute approximate surface area is 175 Å². The van der Waals surface area contributed by atoms with E-state index in [1.807, 2.05) is 24.3 Å². The maximum Gasteiger partial charge on any atom is 0.331 e. The largest absolute Gasteiger partial charge is 0.452 e. The topological polar surface area (TPSA) is 75.7 Å². The molecule has 0 fully saturated rings. The zero-order valence-corrected chi connectivity index (χ0v) is 16.6. The van der Waals surface area contributed by atoms with Crippen LogP contribution in [0.2, 0.25) is 5.02 Å². The highest BCUT2D eigenvalue weighted by molar-refractivity contribution is 7.20. The van der Waals surface area contributed by atoms with Crippen LogP contribution < -0.4 is 10.2 Å². The molecule has 146 valence electrons. The zero-order valence-electron chi connectivity index (χ0n) is 15.1. The number of thiophene rings is 1. The molecule has 2 heterocycles. The Kier molecular flexibility index (Phi) is 5.33. The number of nitrogens with zero attached hydrogens (tertiary/aromatic N) is 1. The number of carbonyl (C=O) groups excluding carboxylic acids is 3. The molecule has 0 saturated carbocycles. The molecule has 6 nitrogen and oxygen atoms in total. The molecule has 29 heavy (non-hydrogen) atoms. The first-order chi connectivity index (χ1) is 14.0. The number of rotatable bonds is 4. The Hall–Kier alpha value is -3.16. The number of para-hydroxylation sites is 2. The van der Waals surface area contributed by atoms with E-state index >= 15 is 0 Å². The Morgan fingerprint density at radius 1 is 1.17 bits per heavy atom. The molecule has 0 saturated heterocycles. The van der Waals surface area contributed by atoms with E-state index in [1.165, 1.54) is 22.3 Å². The highest BCUT2D eigenvalue weighted by Crippen LogP contribution is 2.36. The van der Waals surface area contributed by atoms with Crippen molar-refractivity contribution in [1.29, 1.82) is 0 Å². The third-order valence-corrected chi connectivity index (χ3v) is 6.00. The molecule has 1 N–H and O–H groups in total. The van der Waals surface area contributed by atoms with E-state index in [0.29, 0.717) is 16.4 Å². The summed E-state index contributed by atoms with van der Waals surface area (Å²) in [6, 6.07) is 14.6. The summed E-state index contributed by atoms with van der Waals surface area (Å²) in [6.45, 7) is -0.592. The van der Waals surface area contributed by atoms with E-state index in [9.17, 15) is 14.4 Å². The molecule has 0 bridgehead atoms. The number of amides is 2. The predicted molar refractivity (Wildman–Crippen MR) is 114 cm³/mol. The van der Waals surface area contributed by atoms with Gasteiger partial charge in [0.05, 0.1) is 16.4 Å². The van der Waals surface area contributed by atoms with Gasteiger partial charge in [-0.25, -0.2) is 4.79 Å². The van der Waals surface area contributed by atoms with Crippen molar-refractivity contribution in [3.63, 3.8) is 0 Å². The molecule has 1 aliphatic heterocycles. The van der Waals surface area contributed by atoms with Crippen molar-refractivity contribution in [2.75, 3.05) is 23.4 Å². The third-order valence-electron chi connectivity index (χ3n) is 4.34. The molecule has 2 amide bonds. The minimum Gasteiger partial charge on any atom is -0.452 e. The molecule has 3 aromatic rings. The van der Waals surface area contributed by atoms with Gasteiger partial charge in [0, 0.05) is 21.0 Å². The van der Waals surface area contributed by atoms with E-state index in [1.54, 1.807) is 30.3 Å². The number of nitrogens with one attached hydrogen (secondary N) is 1. The first kappa shape index (κ1) is 19.2. The van der Waals surface area contributed by atoms with E-state index in [0.717, 1.165) is 15.0 Å². The lowest BCUT2D eigenvalue weighted by Crippen LogP contribution is -2.43. The number of halogens is 1. The van der Waals surface area contributed by atoms with Crippen molar-refractivity contribution in [2.45, 2.75) is 0 Å². The number of benzene rings is 2. The van der Waals surface area contributed by atoms with Crippen LogP contribution in [0.4, 0.5) is 11.4 Å². The van der Waals surface area contributed by atoms with E-state index in [-0.39, 0.29) is 12.5 Å². The number of fused-ring (bicyclic) bond motifs is 2. The van der Waals surface area contributed by atoms with Crippen LogP contribution in [0.5, 0.6) is 0 Å². The van der Waals surface area contributed by atoms with Gasteiger partial charge in [0.25, 0.3) is 5.91 Å². The molecular weight excluding hydrogens is 412 g/mol. The molecule has 0 radical (unpaired) electrons. The van der Waals surface area contributed by atoms with Crippen LogP contribution in [0.1, 0.15) is 4.88 Å². The van der Waals surface area contributed by atoms with Crippen molar-refractivity contribution in [1.82, 2.24) is 0 Å². The molecule has 0 spiro atoms. The second-order valence-corrected chi connectivity index (χ2v) is 7.72. The Morgan fingerprint density at radius 3 is 2.76 bits per heavy atom. The molecule has 1 aromatic heterocycles. The first-order valence-electron chi connectivity index (χ1n) is 8.74. The third kappa shape index (κ3) is 4.01. The minimum absolute atomic E-state index is 0.124. The van der Waals surface area contributed by atoms with E-state index in [2.05, 4.69) is 5.32 Å². The van der Waals surface area contributed by atoms with Gasteiger partial charge in [-0.2, -0.15) is 0 Å². The second-order valence-electron chi connectivity index (χ2n) is 6.26. The summed E-state index contributed by atoms with van der Waals surface area (Å²) < 4.78 is 6.07. The maximum absolute atomic E-state index is 12.5. The molecule has 8 heteroatoms. The zero-order chi connectivity index (χ0) is 20.4.